The Balaban J connectivity index is 2.21. The summed E-state index contributed by atoms with van der Waals surface area (Å²) in [7, 11) is -3.35. The van der Waals surface area contributed by atoms with Gasteiger partial charge in [-0.15, -0.1) is 0 Å². The van der Waals surface area contributed by atoms with E-state index in [4.69, 9.17) is 0 Å². The van der Waals surface area contributed by atoms with Crippen molar-refractivity contribution in [2.45, 2.75) is 6.92 Å². The Morgan fingerprint density at radius 1 is 1.21 bits per heavy atom. The molecule has 0 unspecified atom stereocenters. The van der Waals surface area contributed by atoms with E-state index in [1.807, 2.05) is 31.2 Å². The minimum Gasteiger partial charge on any atom is -0.316 e. The monoisotopic (exact) mass is 279 g/mol. The van der Waals surface area contributed by atoms with Crippen molar-refractivity contribution < 1.29 is 8.42 Å². The fourth-order valence-electron chi connectivity index (χ4n) is 1.79. The molecule has 1 aromatic heterocycles. The van der Waals surface area contributed by atoms with Gasteiger partial charge < -0.3 is 5.32 Å². The number of pyridine rings is 1. The predicted octanol–water partition coefficient (Wildman–Crippen LogP) is 1.59. The van der Waals surface area contributed by atoms with Crippen LogP contribution in [0.5, 0.6) is 0 Å². The second kappa shape index (κ2) is 5.99. The van der Waals surface area contributed by atoms with Gasteiger partial charge in [0.15, 0.2) is 0 Å². The quantitative estimate of drug-likeness (QED) is 0.788. The molecule has 0 saturated carbocycles. The van der Waals surface area contributed by atoms with Crippen molar-refractivity contribution in [2.24, 2.45) is 0 Å². The number of fused-ring (bicyclic) bond motifs is 1. The highest BCUT2D eigenvalue weighted by molar-refractivity contribution is 7.92. The van der Waals surface area contributed by atoms with Gasteiger partial charge in [-0.25, -0.2) is 8.42 Å². The van der Waals surface area contributed by atoms with E-state index in [0.717, 1.165) is 11.9 Å². The summed E-state index contributed by atoms with van der Waals surface area (Å²) in [4.78, 5) is 4.22. The molecule has 0 spiro atoms. The van der Waals surface area contributed by atoms with Crippen LogP contribution in [0.4, 0.5) is 5.69 Å². The van der Waals surface area contributed by atoms with Crippen LogP contribution >= 0.6 is 0 Å². The van der Waals surface area contributed by atoms with Crippen LogP contribution in [0.15, 0.2) is 36.5 Å². The highest BCUT2D eigenvalue weighted by Crippen LogP contribution is 2.21. The first-order chi connectivity index (χ1) is 9.12. The number of aromatic nitrogens is 1. The summed E-state index contributed by atoms with van der Waals surface area (Å²) < 4.78 is 26.5. The Morgan fingerprint density at radius 3 is 2.79 bits per heavy atom. The zero-order chi connectivity index (χ0) is 13.7. The second-order valence-electron chi connectivity index (χ2n) is 4.16. The predicted molar refractivity (Wildman–Crippen MR) is 77.7 cm³/mol. The number of anilines is 1. The number of hydrogen-bond donors (Lipinski definition) is 2. The zero-order valence-corrected chi connectivity index (χ0v) is 11.6. The molecule has 2 N–H and O–H groups in total. The van der Waals surface area contributed by atoms with Gasteiger partial charge in [0.05, 0.1) is 17.0 Å². The first-order valence-corrected chi connectivity index (χ1v) is 7.82. The molecule has 5 nitrogen and oxygen atoms in total. The fraction of sp³-hybridized carbons (Fsp3) is 0.308. The lowest BCUT2D eigenvalue weighted by atomic mass is 10.2. The lowest BCUT2D eigenvalue weighted by Crippen LogP contribution is -2.26. The van der Waals surface area contributed by atoms with Crippen LogP contribution in [0.3, 0.4) is 0 Å². The van der Waals surface area contributed by atoms with Crippen molar-refractivity contribution in [3.63, 3.8) is 0 Å². The summed E-state index contributed by atoms with van der Waals surface area (Å²) in [5, 5.41) is 3.90. The summed E-state index contributed by atoms with van der Waals surface area (Å²) in [6, 6.07) is 9.16. The molecule has 1 heterocycles. The summed E-state index contributed by atoms with van der Waals surface area (Å²) in [5.74, 6) is 0.0457. The van der Waals surface area contributed by atoms with Crippen molar-refractivity contribution in [1.82, 2.24) is 10.3 Å². The van der Waals surface area contributed by atoms with E-state index in [1.54, 1.807) is 12.3 Å². The van der Waals surface area contributed by atoms with Crippen molar-refractivity contribution in [3.05, 3.63) is 36.5 Å². The third-order valence-electron chi connectivity index (χ3n) is 2.70. The maximum atomic E-state index is 11.9. The highest BCUT2D eigenvalue weighted by Gasteiger charge is 2.12. The van der Waals surface area contributed by atoms with Crippen LogP contribution < -0.4 is 10.0 Å². The van der Waals surface area contributed by atoms with Gasteiger partial charge in [-0.05, 0) is 18.7 Å². The average molecular weight is 279 g/mol. The Morgan fingerprint density at radius 2 is 2.00 bits per heavy atom. The molecule has 0 aliphatic carbocycles. The minimum absolute atomic E-state index is 0.0457. The Labute approximate surface area is 113 Å². The summed E-state index contributed by atoms with van der Waals surface area (Å²) in [6.07, 6.45) is 1.65. The number of rotatable bonds is 6. The average Bonchev–Trinajstić information content (AvgIpc) is 2.39. The molecule has 0 amide bonds. The molecule has 102 valence electrons. The van der Waals surface area contributed by atoms with Gasteiger partial charge in [0.2, 0.25) is 10.0 Å². The van der Waals surface area contributed by atoms with E-state index in [9.17, 15) is 8.42 Å². The van der Waals surface area contributed by atoms with Gasteiger partial charge in [-0.3, -0.25) is 9.71 Å². The molecule has 0 radical (unpaired) electrons. The molecule has 19 heavy (non-hydrogen) atoms. The van der Waals surface area contributed by atoms with Gasteiger partial charge in [-0.2, -0.15) is 0 Å². The lowest BCUT2D eigenvalue weighted by Gasteiger charge is -2.10. The van der Waals surface area contributed by atoms with E-state index in [2.05, 4.69) is 15.0 Å². The number of nitrogens with one attached hydrogen (secondary N) is 2. The van der Waals surface area contributed by atoms with Crippen LogP contribution in [0.1, 0.15) is 6.92 Å². The molecular weight excluding hydrogens is 262 g/mol. The lowest BCUT2D eigenvalue weighted by molar-refractivity contribution is 0.597. The van der Waals surface area contributed by atoms with E-state index >= 15 is 0 Å². The van der Waals surface area contributed by atoms with Gasteiger partial charge in [0.25, 0.3) is 0 Å². The van der Waals surface area contributed by atoms with Crippen LogP contribution in [0, 0.1) is 0 Å². The molecule has 0 aliphatic heterocycles. The molecule has 0 fully saturated rings. The molecule has 2 rings (SSSR count). The van der Waals surface area contributed by atoms with E-state index in [1.165, 1.54) is 0 Å². The first-order valence-electron chi connectivity index (χ1n) is 6.17. The summed E-state index contributed by atoms with van der Waals surface area (Å²) >= 11 is 0. The Kier molecular flexibility index (Phi) is 4.34. The number of hydrogen-bond acceptors (Lipinski definition) is 4. The van der Waals surface area contributed by atoms with Gasteiger partial charge >= 0.3 is 0 Å². The third kappa shape index (κ3) is 3.65. The van der Waals surface area contributed by atoms with E-state index in [-0.39, 0.29) is 5.75 Å². The van der Waals surface area contributed by atoms with Crippen molar-refractivity contribution in [1.29, 1.82) is 0 Å². The Hall–Kier alpha value is -1.66. The van der Waals surface area contributed by atoms with Gasteiger partial charge in [0, 0.05) is 18.1 Å². The minimum atomic E-state index is -3.35. The van der Waals surface area contributed by atoms with E-state index < -0.39 is 10.0 Å². The molecule has 0 saturated heterocycles. The van der Waals surface area contributed by atoms with Crippen molar-refractivity contribution >= 4 is 26.6 Å². The standard InChI is InChI=1S/C13H17N3O2S/c1-2-14-9-10-19(17,18)16-12-7-3-5-11-6-4-8-15-13(11)12/h3-8,14,16H,2,9-10H2,1H3. The number of nitrogens with zero attached hydrogens (tertiary/aromatic N) is 1. The van der Waals surface area contributed by atoms with Gasteiger partial charge in [-0.1, -0.05) is 25.1 Å². The van der Waals surface area contributed by atoms with Crippen molar-refractivity contribution in [2.75, 3.05) is 23.6 Å². The largest absolute Gasteiger partial charge is 0.316 e. The molecular formula is C13H17N3O2S. The van der Waals surface area contributed by atoms with Crippen LogP contribution in [0.2, 0.25) is 0 Å². The normalized spacial score (nSPS) is 11.6. The van der Waals surface area contributed by atoms with Crippen LogP contribution in [0.25, 0.3) is 10.9 Å². The Bertz CT molecular complexity index is 650. The molecule has 1 aromatic carbocycles. The third-order valence-corrected chi connectivity index (χ3v) is 3.97. The number of sulfonamides is 1. The zero-order valence-electron chi connectivity index (χ0n) is 10.8. The van der Waals surface area contributed by atoms with E-state index in [0.29, 0.717) is 17.7 Å². The topological polar surface area (TPSA) is 71.1 Å². The smallest absolute Gasteiger partial charge is 0.234 e. The fourth-order valence-corrected chi connectivity index (χ4v) is 2.80. The van der Waals surface area contributed by atoms with Crippen LogP contribution in [-0.4, -0.2) is 32.2 Å². The molecule has 2 aromatic rings. The maximum absolute atomic E-state index is 11.9. The summed E-state index contributed by atoms with van der Waals surface area (Å²) in [6.45, 7) is 3.13. The van der Waals surface area contributed by atoms with Gasteiger partial charge in [0.1, 0.15) is 0 Å². The first kappa shape index (κ1) is 13.8. The molecule has 0 bridgehead atoms. The maximum Gasteiger partial charge on any atom is 0.234 e. The molecule has 6 heteroatoms. The SMILES string of the molecule is CCNCCS(=O)(=O)Nc1cccc2cccnc12. The second-order valence-corrected chi connectivity index (χ2v) is 6.00. The molecule has 0 atom stereocenters. The number of para-hydroxylation sites is 1. The molecule has 0 aliphatic rings. The van der Waals surface area contributed by atoms with Crippen molar-refractivity contribution in [3.8, 4) is 0 Å². The highest BCUT2D eigenvalue weighted by atomic mass is 32.2. The van der Waals surface area contributed by atoms with Crippen LogP contribution in [-0.2, 0) is 10.0 Å². The number of benzene rings is 1. The summed E-state index contributed by atoms with van der Waals surface area (Å²) in [5.41, 5.74) is 1.19.